The van der Waals surface area contributed by atoms with Crippen molar-refractivity contribution < 1.29 is 19.1 Å². The van der Waals surface area contributed by atoms with Gasteiger partial charge >= 0.3 is 0 Å². The van der Waals surface area contributed by atoms with Crippen LogP contribution in [0, 0.1) is 0 Å². The van der Waals surface area contributed by atoms with Crippen LogP contribution < -0.4 is 19.7 Å². The number of ether oxygens (including phenoxy) is 2. The van der Waals surface area contributed by atoms with Crippen LogP contribution >= 0.6 is 0 Å². The van der Waals surface area contributed by atoms with E-state index in [1.54, 1.807) is 25.3 Å². The van der Waals surface area contributed by atoms with Crippen LogP contribution in [0.25, 0.3) is 0 Å². The van der Waals surface area contributed by atoms with Crippen molar-refractivity contribution in [1.82, 2.24) is 0 Å². The van der Waals surface area contributed by atoms with E-state index in [2.05, 4.69) is 5.32 Å². The fourth-order valence-electron chi connectivity index (χ4n) is 2.67. The van der Waals surface area contributed by atoms with Crippen molar-refractivity contribution in [3.63, 3.8) is 0 Å². The van der Waals surface area contributed by atoms with Gasteiger partial charge in [0.25, 0.3) is 0 Å². The van der Waals surface area contributed by atoms with E-state index >= 15 is 0 Å². The highest BCUT2D eigenvalue weighted by atomic mass is 16.5. The Bertz CT molecular complexity index is 789. The number of nitrogens with one attached hydrogen (secondary N) is 1. The van der Waals surface area contributed by atoms with Crippen LogP contribution in [0.5, 0.6) is 11.5 Å². The fourth-order valence-corrected chi connectivity index (χ4v) is 2.67. The van der Waals surface area contributed by atoms with Crippen molar-refractivity contribution in [2.75, 3.05) is 31.0 Å². The quantitative estimate of drug-likeness (QED) is 0.827. The Hall–Kier alpha value is -3.02. The molecule has 6 heteroatoms. The molecule has 2 aromatic rings. The van der Waals surface area contributed by atoms with Crippen molar-refractivity contribution in [2.45, 2.75) is 20.3 Å². The first-order valence-electron chi connectivity index (χ1n) is 8.38. The van der Waals surface area contributed by atoms with Gasteiger partial charge in [0.15, 0.2) is 0 Å². The van der Waals surface area contributed by atoms with E-state index in [0.717, 1.165) is 17.7 Å². The first-order valence-corrected chi connectivity index (χ1v) is 8.38. The summed E-state index contributed by atoms with van der Waals surface area (Å²) in [6.07, 6.45) is 0.772. The topological polar surface area (TPSA) is 67.9 Å². The van der Waals surface area contributed by atoms with Crippen molar-refractivity contribution in [1.29, 1.82) is 0 Å². The molecule has 0 radical (unpaired) electrons. The first-order chi connectivity index (χ1) is 12.5. The maximum atomic E-state index is 12.5. The van der Waals surface area contributed by atoms with Crippen LogP contribution in [-0.2, 0) is 16.0 Å². The predicted molar refractivity (Wildman–Crippen MR) is 102 cm³/mol. The average Bonchev–Trinajstić information content (AvgIpc) is 2.66. The number of aryl methyl sites for hydroxylation is 1. The number of rotatable bonds is 7. The number of carbonyl (C=O) groups excluding carboxylic acids is 2. The van der Waals surface area contributed by atoms with E-state index in [9.17, 15) is 9.59 Å². The van der Waals surface area contributed by atoms with Crippen molar-refractivity contribution in [2.24, 2.45) is 0 Å². The van der Waals surface area contributed by atoms with Gasteiger partial charge in [-0.2, -0.15) is 0 Å². The lowest BCUT2D eigenvalue weighted by Gasteiger charge is -2.23. The van der Waals surface area contributed by atoms with Gasteiger partial charge < -0.3 is 19.7 Å². The van der Waals surface area contributed by atoms with Gasteiger partial charge in [-0.1, -0.05) is 25.1 Å². The Labute approximate surface area is 153 Å². The zero-order valence-electron chi connectivity index (χ0n) is 15.5. The van der Waals surface area contributed by atoms with Gasteiger partial charge in [-0.3, -0.25) is 9.59 Å². The lowest BCUT2D eigenvalue weighted by Crippen LogP contribution is -2.37. The molecule has 0 unspecified atom stereocenters. The normalized spacial score (nSPS) is 10.2. The Morgan fingerprint density at radius 2 is 1.81 bits per heavy atom. The monoisotopic (exact) mass is 356 g/mol. The van der Waals surface area contributed by atoms with Crippen LogP contribution in [0.1, 0.15) is 19.4 Å². The van der Waals surface area contributed by atoms with E-state index in [0.29, 0.717) is 17.2 Å². The van der Waals surface area contributed by atoms with Crippen LogP contribution in [0.2, 0.25) is 0 Å². The Balaban J connectivity index is 2.20. The Kier molecular flexibility index (Phi) is 6.60. The Morgan fingerprint density at radius 1 is 1.08 bits per heavy atom. The van der Waals surface area contributed by atoms with Crippen molar-refractivity contribution in [3.05, 3.63) is 48.0 Å². The molecule has 0 spiro atoms. The molecule has 0 saturated carbocycles. The smallest absolute Gasteiger partial charge is 0.244 e. The summed E-state index contributed by atoms with van der Waals surface area (Å²) in [4.78, 5) is 26.1. The molecule has 0 aliphatic rings. The lowest BCUT2D eigenvalue weighted by molar-refractivity contribution is -0.120. The second-order valence-electron chi connectivity index (χ2n) is 5.70. The van der Waals surface area contributed by atoms with Crippen molar-refractivity contribution in [3.8, 4) is 11.5 Å². The summed E-state index contributed by atoms with van der Waals surface area (Å²) < 4.78 is 10.4. The molecule has 0 aliphatic heterocycles. The van der Waals surface area contributed by atoms with Crippen LogP contribution in [0.3, 0.4) is 0 Å². The standard InChI is InChI=1S/C20H24N2O4/c1-5-15-8-6-7-9-18(15)22(14(2)23)13-20(24)21-17-11-10-16(25-3)12-19(17)26-4/h6-12H,5,13H2,1-4H3,(H,21,24). The molecule has 0 heterocycles. The summed E-state index contributed by atoms with van der Waals surface area (Å²) >= 11 is 0. The maximum absolute atomic E-state index is 12.5. The second-order valence-corrected chi connectivity index (χ2v) is 5.70. The zero-order valence-corrected chi connectivity index (χ0v) is 15.5. The highest BCUT2D eigenvalue weighted by molar-refractivity contribution is 6.02. The molecule has 2 amide bonds. The summed E-state index contributed by atoms with van der Waals surface area (Å²) in [7, 11) is 3.08. The second kappa shape index (κ2) is 8.89. The molecule has 138 valence electrons. The third kappa shape index (κ3) is 4.53. The van der Waals surface area contributed by atoms with E-state index < -0.39 is 0 Å². The number of benzene rings is 2. The number of amides is 2. The maximum Gasteiger partial charge on any atom is 0.244 e. The lowest BCUT2D eigenvalue weighted by atomic mass is 10.1. The van der Waals surface area contributed by atoms with Gasteiger partial charge in [0, 0.05) is 18.7 Å². The highest BCUT2D eigenvalue weighted by Gasteiger charge is 2.19. The molecular weight excluding hydrogens is 332 g/mol. The predicted octanol–water partition coefficient (Wildman–Crippen LogP) is 3.26. The molecule has 0 atom stereocenters. The SMILES string of the molecule is CCc1ccccc1N(CC(=O)Nc1ccc(OC)cc1OC)C(C)=O. The van der Waals surface area contributed by atoms with Gasteiger partial charge in [0.05, 0.1) is 19.9 Å². The minimum atomic E-state index is -0.311. The summed E-state index contributed by atoms with van der Waals surface area (Å²) in [5.41, 5.74) is 2.28. The molecule has 2 rings (SSSR count). The van der Waals surface area contributed by atoms with Crippen LogP contribution in [0.4, 0.5) is 11.4 Å². The van der Waals surface area contributed by atoms with E-state index in [1.807, 2.05) is 31.2 Å². The first kappa shape index (κ1) is 19.3. The van der Waals surface area contributed by atoms with Gasteiger partial charge in [0.2, 0.25) is 11.8 Å². The highest BCUT2D eigenvalue weighted by Crippen LogP contribution is 2.29. The molecule has 0 fully saturated rings. The Morgan fingerprint density at radius 3 is 2.42 bits per heavy atom. The third-order valence-corrected chi connectivity index (χ3v) is 4.03. The largest absolute Gasteiger partial charge is 0.497 e. The van der Waals surface area contributed by atoms with Crippen LogP contribution in [0.15, 0.2) is 42.5 Å². The molecule has 1 N–H and O–H groups in total. The molecule has 6 nitrogen and oxygen atoms in total. The summed E-state index contributed by atoms with van der Waals surface area (Å²) in [5, 5.41) is 2.79. The molecule has 0 aliphatic carbocycles. The van der Waals surface area contributed by atoms with Gasteiger partial charge in [-0.15, -0.1) is 0 Å². The fraction of sp³-hybridized carbons (Fsp3) is 0.300. The molecule has 0 saturated heterocycles. The number of hydrogen-bond acceptors (Lipinski definition) is 4. The van der Waals surface area contributed by atoms with Crippen molar-refractivity contribution >= 4 is 23.2 Å². The van der Waals surface area contributed by atoms with Crippen LogP contribution in [-0.4, -0.2) is 32.6 Å². The summed E-state index contributed by atoms with van der Waals surface area (Å²) in [5.74, 6) is 0.612. The number of hydrogen-bond donors (Lipinski definition) is 1. The molecule has 26 heavy (non-hydrogen) atoms. The number of anilines is 2. The number of para-hydroxylation sites is 1. The average molecular weight is 356 g/mol. The van der Waals surface area contributed by atoms with Gasteiger partial charge in [0.1, 0.15) is 18.0 Å². The van der Waals surface area contributed by atoms with E-state index in [-0.39, 0.29) is 18.4 Å². The van der Waals surface area contributed by atoms with Gasteiger partial charge in [-0.05, 0) is 30.2 Å². The molecule has 0 aromatic heterocycles. The minimum absolute atomic E-state index is 0.0818. The number of methoxy groups -OCH3 is 2. The number of carbonyl (C=O) groups is 2. The summed E-state index contributed by atoms with van der Waals surface area (Å²) in [6.45, 7) is 3.38. The molecular formula is C20H24N2O4. The van der Waals surface area contributed by atoms with Gasteiger partial charge in [-0.25, -0.2) is 0 Å². The van der Waals surface area contributed by atoms with E-state index in [1.165, 1.54) is 18.9 Å². The molecule has 0 bridgehead atoms. The van der Waals surface area contributed by atoms with E-state index in [4.69, 9.17) is 9.47 Å². The minimum Gasteiger partial charge on any atom is -0.497 e. The summed E-state index contributed by atoms with van der Waals surface area (Å²) in [6, 6.07) is 12.7. The zero-order chi connectivity index (χ0) is 19.1. The number of nitrogens with zero attached hydrogens (tertiary/aromatic N) is 1. The molecule has 2 aromatic carbocycles. The third-order valence-electron chi connectivity index (χ3n) is 4.03.